The first-order valence-corrected chi connectivity index (χ1v) is 8.40. The van der Waals surface area contributed by atoms with Crippen LogP contribution in [0.25, 0.3) is 0 Å². The van der Waals surface area contributed by atoms with E-state index in [4.69, 9.17) is 0 Å². The molecule has 146 valence electrons. The summed E-state index contributed by atoms with van der Waals surface area (Å²) in [7, 11) is 0. The Morgan fingerprint density at radius 1 is 1.44 bits per heavy atom. The lowest BCUT2D eigenvalue weighted by Crippen LogP contribution is -2.34. The standard InChI is InChI=1S/C17H21F3N6O/c1-11(12-6-7-12)24-16(23-10-22-8-9-27)26-15(21-2)13-4-3-5-14(25-13)17(18,19)20/h3-5,9,11-12,22H,2,6-8,10H2,1H3,(H,23,24)/b26-15-. The summed E-state index contributed by atoms with van der Waals surface area (Å²) in [6, 6.07) is 3.57. The second-order valence-electron chi connectivity index (χ2n) is 6.03. The number of amidine groups is 1. The molecule has 1 aliphatic carbocycles. The third-order valence-corrected chi connectivity index (χ3v) is 3.88. The highest BCUT2D eigenvalue weighted by molar-refractivity contribution is 6.06. The molecule has 0 radical (unpaired) electrons. The van der Waals surface area contributed by atoms with Gasteiger partial charge < -0.3 is 10.1 Å². The van der Waals surface area contributed by atoms with Gasteiger partial charge in [-0.1, -0.05) is 6.07 Å². The van der Waals surface area contributed by atoms with Crippen LogP contribution in [0.5, 0.6) is 0 Å². The molecule has 27 heavy (non-hydrogen) atoms. The first kappa shape index (κ1) is 20.7. The molecule has 0 aliphatic heterocycles. The summed E-state index contributed by atoms with van der Waals surface area (Å²) in [6.45, 7) is 5.59. The Morgan fingerprint density at radius 3 is 2.78 bits per heavy atom. The van der Waals surface area contributed by atoms with Gasteiger partial charge in [-0.25, -0.2) is 15.0 Å². The maximum Gasteiger partial charge on any atom is 0.433 e. The van der Waals surface area contributed by atoms with Gasteiger partial charge in [0.2, 0.25) is 5.96 Å². The number of pyridine rings is 1. The van der Waals surface area contributed by atoms with Crippen molar-refractivity contribution in [2.24, 2.45) is 20.9 Å². The molecule has 2 rings (SSSR count). The van der Waals surface area contributed by atoms with Crippen molar-refractivity contribution in [3.05, 3.63) is 29.6 Å². The van der Waals surface area contributed by atoms with Crippen LogP contribution in [-0.2, 0) is 11.0 Å². The van der Waals surface area contributed by atoms with Crippen LogP contribution in [0.1, 0.15) is 31.2 Å². The number of rotatable bonds is 7. The van der Waals surface area contributed by atoms with Crippen molar-refractivity contribution in [1.82, 2.24) is 15.6 Å². The fraction of sp³-hybridized carbons (Fsp3) is 0.471. The number of guanidine groups is 1. The first-order chi connectivity index (χ1) is 12.8. The average molecular weight is 382 g/mol. The lowest BCUT2D eigenvalue weighted by molar-refractivity contribution is -0.141. The second-order valence-corrected chi connectivity index (χ2v) is 6.03. The molecule has 0 amide bonds. The minimum atomic E-state index is -4.57. The summed E-state index contributed by atoms with van der Waals surface area (Å²) in [6.07, 6.45) is -1.69. The fourth-order valence-corrected chi connectivity index (χ4v) is 2.28. The van der Waals surface area contributed by atoms with Crippen molar-refractivity contribution < 1.29 is 18.0 Å². The maximum absolute atomic E-state index is 12.9. The maximum atomic E-state index is 12.9. The monoisotopic (exact) mass is 382 g/mol. The van der Waals surface area contributed by atoms with Crippen molar-refractivity contribution in [2.45, 2.75) is 32.0 Å². The Hall–Kier alpha value is -2.62. The average Bonchev–Trinajstić information content (AvgIpc) is 3.47. The molecule has 1 heterocycles. The van der Waals surface area contributed by atoms with E-state index in [0.717, 1.165) is 18.9 Å². The lowest BCUT2D eigenvalue weighted by atomic mass is 10.2. The van der Waals surface area contributed by atoms with Gasteiger partial charge in [0, 0.05) is 6.04 Å². The van der Waals surface area contributed by atoms with Gasteiger partial charge in [0.05, 0.1) is 13.2 Å². The van der Waals surface area contributed by atoms with E-state index in [2.05, 4.69) is 37.3 Å². The molecule has 1 aromatic rings. The number of hydrogen-bond acceptors (Lipinski definition) is 4. The summed E-state index contributed by atoms with van der Waals surface area (Å²) < 4.78 is 38.6. The summed E-state index contributed by atoms with van der Waals surface area (Å²) in [5, 5.41) is 5.90. The third kappa shape index (κ3) is 6.55. The summed E-state index contributed by atoms with van der Waals surface area (Å²) in [5.74, 6) is 0.611. The van der Waals surface area contributed by atoms with Crippen LogP contribution in [-0.4, -0.2) is 49.0 Å². The van der Waals surface area contributed by atoms with Crippen molar-refractivity contribution in [3.63, 3.8) is 0 Å². The topological polar surface area (TPSA) is 91.1 Å². The first-order valence-electron chi connectivity index (χ1n) is 8.40. The van der Waals surface area contributed by atoms with Gasteiger partial charge in [-0.15, -0.1) is 0 Å². The molecule has 1 aromatic heterocycles. The summed E-state index contributed by atoms with van der Waals surface area (Å²) >= 11 is 0. The highest BCUT2D eigenvalue weighted by Crippen LogP contribution is 2.32. The third-order valence-electron chi connectivity index (χ3n) is 3.88. The molecule has 0 spiro atoms. The minimum absolute atomic E-state index is 0.0609. The van der Waals surface area contributed by atoms with E-state index in [9.17, 15) is 18.0 Å². The number of carbonyl (C=O) groups is 1. The predicted molar refractivity (Wildman–Crippen MR) is 97.0 cm³/mol. The van der Waals surface area contributed by atoms with Crippen molar-refractivity contribution in [3.8, 4) is 0 Å². The number of nitrogens with zero attached hydrogens (tertiary/aromatic N) is 4. The van der Waals surface area contributed by atoms with E-state index in [-0.39, 0.29) is 36.7 Å². The lowest BCUT2D eigenvalue weighted by Gasteiger charge is -2.14. The zero-order valence-corrected chi connectivity index (χ0v) is 14.8. The molecule has 1 fully saturated rings. The molecular weight excluding hydrogens is 361 g/mol. The molecule has 1 atom stereocenters. The minimum Gasteiger partial charge on any atom is -0.352 e. The molecule has 7 nitrogen and oxygen atoms in total. The van der Waals surface area contributed by atoms with Gasteiger partial charge in [-0.05, 0) is 44.5 Å². The number of halogens is 3. The Morgan fingerprint density at radius 2 is 2.19 bits per heavy atom. The van der Waals surface area contributed by atoms with Crippen LogP contribution in [0.2, 0.25) is 0 Å². The quantitative estimate of drug-likeness (QED) is 0.327. The van der Waals surface area contributed by atoms with E-state index in [0.29, 0.717) is 12.2 Å². The van der Waals surface area contributed by atoms with Gasteiger partial charge >= 0.3 is 6.18 Å². The Bertz CT molecular complexity index is 728. The fourth-order valence-electron chi connectivity index (χ4n) is 2.28. The summed E-state index contributed by atoms with van der Waals surface area (Å²) in [5.41, 5.74) is -1.10. The smallest absolute Gasteiger partial charge is 0.352 e. The van der Waals surface area contributed by atoms with Gasteiger partial charge in [0.1, 0.15) is 17.7 Å². The number of alkyl halides is 3. The van der Waals surface area contributed by atoms with Crippen molar-refractivity contribution in [1.29, 1.82) is 0 Å². The zero-order valence-electron chi connectivity index (χ0n) is 14.8. The largest absolute Gasteiger partial charge is 0.433 e. The molecular formula is C17H21F3N6O. The van der Waals surface area contributed by atoms with E-state index in [1.165, 1.54) is 12.1 Å². The highest BCUT2D eigenvalue weighted by Gasteiger charge is 2.33. The molecule has 0 aromatic carbocycles. The molecule has 1 unspecified atom stereocenters. The van der Waals surface area contributed by atoms with E-state index < -0.39 is 11.9 Å². The summed E-state index contributed by atoms with van der Waals surface area (Å²) in [4.78, 5) is 26.1. The Labute approximate surface area is 154 Å². The molecule has 10 heteroatoms. The van der Waals surface area contributed by atoms with Gasteiger partial charge in [-0.3, -0.25) is 5.32 Å². The van der Waals surface area contributed by atoms with E-state index in [1.807, 2.05) is 6.92 Å². The Balaban J connectivity index is 2.27. The normalized spacial score (nSPS) is 16.7. The van der Waals surface area contributed by atoms with Crippen LogP contribution < -0.4 is 10.6 Å². The number of nitrogens with one attached hydrogen (secondary N) is 2. The van der Waals surface area contributed by atoms with Crippen molar-refractivity contribution in [2.75, 3.05) is 13.2 Å². The van der Waals surface area contributed by atoms with Gasteiger partial charge in [-0.2, -0.15) is 18.2 Å². The zero-order chi connectivity index (χ0) is 19.9. The second kappa shape index (κ2) is 9.36. The number of aromatic nitrogens is 1. The predicted octanol–water partition coefficient (Wildman–Crippen LogP) is 2.04. The SMILES string of the molecule is C=N/C(=N\C(=N/CNCC=O)NC(C)C1CC1)c1cccc(C(F)(F)F)n1. The van der Waals surface area contributed by atoms with E-state index >= 15 is 0 Å². The molecule has 0 bridgehead atoms. The van der Waals surface area contributed by atoms with Crippen LogP contribution >= 0.6 is 0 Å². The van der Waals surface area contributed by atoms with E-state index in [1.54, 1.807) is 0 Å². The van der Waals surface area contributed by atoms with Crippen LogP contribution in [0, 0.1) is 5.92 Å². The number of hydrogen-bond donors (Lipinski definition) is 2. The van der Waals surface area contributed by atoms with Crippen LogP contribution in [0.15, 0.2) is 33.2 Å². The van der Waals surface area contributed by atoms with Crippen LogP contribution in [0.4, 0.5) is 13.2 Å². The highest BCUT2D eigenvalue weighted by atomic mass is 19.4. The van der Waals surface area contributed by atoms with Crippen molar-refractivity contribution >= 4 is 24.8 Å². The van der Waals surface area contributed by atoms with Gasteiger partial charge in [0.25, 0.3) is 0 Å². The number of aldehydes is 1. The number of aliphatic imine (C=N–C) groups is 3. The molecule has 1 saturated carbocycles. The number of carbonyl (C=O) groups excluding carboxylic acids is 1. The molecule has 1 aliphatic rings. The molecule has 2 N–H and O–H groups in total. The van der Waals surface area contributed by atoms with Crippen LogP contribution in [0.3, 0.4) is 0 Å². The Kier molecular flexibility index (Phi) is 7.17. The molecule has 0 saturated heterocycles. The van der Waals surface area contributed by atoms with Gasteiger partial charge in [0.15, 0.2) is 5.84 Å².